The molecule has 2 aliphatic heterocycles. The topological polar surface area (TPSA) is 87.7 Å². The maximum Gasteiger partial charge on any atom is 0.229 e. The first-order chi connectivity index (χ1) is 10.6. The van der Waals surface area contributed by atoms with Crippen molar-refractivity contribution < 1.29 is 19.1 Å². The van der Waals surface area contributed by atoms with Gasteiger partial charge in [-0.15, -0.1) is 12.4 Å². The van der Waals surface area contributed by atoms with Crippen LogP contribution in [0.4, 0.5) is 0 Å². The second-order valence-electron chi connectivity index (χ2n) is 6.15. The zero-order valence-electron chi connectivity index (χ0n) is 13.6. The molecule has 0 aliphatic carbocycles. The number of ether oxygens (including phenoxy) is 1. The first-order valence-corrected chi connectivity index (χ1v) is 7.86. The van der Waals surface area contributed by atoms with E-state index >= 15 is 0 Å². The minimum absolute atomic E-state index is 0. The number of imide groups is 1. The van der Waals surface area contributed by atoms with Crippen molar-refractivity contribution in [1.82, 2.24) is 15.5 Å². The maximum atomic E-state index is 12.0. The van der Waals surface area contributed by atoms with Crippen LogP contribution in [0.2, 0.25) is 0 Å². The summed E-state index contributed by atoms with van der Waals surface area (Å²) in [4.78, 5) is 36.2. The van der Waals surface area contributed by atoms with Crippen molar-refractivity contribution in [3.63, 3.8) is 0 Å². The lowest BCUT2D eigenvalue weighted by molar-refractivity contribution is -0.138. The molecular formula is C15H26ClN3O4. The second-order valence-corrected chi connectivity index (χ2v) is 6.15. The summed E-state index contributed by atoms with van der Waals surface area (Å²) in [7, 11) is 1.68. The number of halogens is 1. The quantitative estimate of drug-likeness (QED) is 0.637. The summed E-state index contributed by atoms with van der Waals surface area (Å²) in [5.74, 6) is -0.472. The van der Waals surface area contributed by atoms with Gasteiger partial charge in [-0.05, 0) is 25.9 Å². The zero-order chi connectivity index (χ0) is 16.0. The Labute approximate surface area is 142 Å². The van der Waals surface area contributed by atoms with E-state index in [2.05, 4.69) is 10.6 Å². The third-order valence-electron chi connectivity index (χ3n) is 4.49. The van der Waals surface area contributed by atoms with E-state index in [9.17, 15) is 14.4 Å². The van der Waals surface area contributed by atoms with Crippen molar-refractivity contribution >= 4 is 30.1 Å². The molecule has 2 saturated heterocycles. The lowest BCUT2D eigenvalue weighted by Crippen LogP contribution is -2.47. The Hall–Kier alpha value is -1.18. The molecule has 0 spiro atoms. The minimum atomic E-state index is -0.174. The van der Waals surface area contributed by atoms with E-state index in [1.54, 1.807) is 7.11 Å². The second kappa shape index (κ2) is 9.20. The van der Waals surface area contributed by atoms with Gasteiger partial charge in [-0.2, -0.15) is 0 Å². The Balaban J connectivity index is 0.00000264. The van der Waals surface area contributed by atoms with Gasteiger partial charge >= 0.3 is 0 Å². The first kappa shape index (κ1) is 19.9. The average molecular weight is 348 g/mol. The van der Waals surface area contributed by atoms with Crippen LogP contribution in [0.5, 0.6) is 0 Å². The monoisotopic (exact) mass is 347 g/mol. The van der Waals surface area contributed by atoms with Crippen LogP contribution in [-0.4, -0.2) is 62.5 Å². The molecule has 0 aromatic carbocycles. The number of hydrogen-bond acceptors (Lipinski definition) is 5. The van der Waals surface area contributed by atoms with Crippen LogP contribution < -0.4 is 10.6 Å². The minimum Gasteiger partial charge on any atom is -0.384 e. The predicted molar refractivity (Wildman–Crippen MR) is 87.2 cm³/mol. The molecule has 0 aromatic rings. The largest absolute Gasteiger partial charge is 0.384 e. The molecule has 2 fully saturated rings. The summed E-state index contributed by atoms with van der Waals surface area (Å²) < 4.78 is 5.31. The number of rotatable bonds is 7. The van der Waals surface area contributed by atoms with E-state index in [4.69, 9.17) is 4.74 Å². The number of carbonyl (C=O) groups excluding carboxylic acids is 3. The van der Waals surface area contributed by atoms with Gasteiger partial charge in [0.2, 0.25) is 17.7 Å². The lowest BCUT2D eigenvalue weighted by Gasteiger charge is -2.37. The standard InChI is InChI=1S/C15H25N3O4.ClH/c1-22-11-15(5-7-16-8-6-15)10-17-12(19)4-9-18-13(20)2-3-14(18)21;/h16H,2-11H2,1H3,(H,17,19);1H. The first-order valence-electron chi connectivity index (χ1n) is 7.86. The van der Waals surface area contributed by atoms with Crippen molar-refractivity contribution in [3.05, 3.63) is 0 Å². The number of amides is 3. The van der Waals surface area contributed by atoms with Crippen LogP contribution in [-0.2, 0) is 19.1 Å². The number of nitrogens with zero attached hydrogens (tertiary/aromatic N) is 1. The van der Waals surface area contributed by atoms with E-state index in [0.717, 1.165) is 25.9 Å². The van der Waals surface area contributed by atoms with Gasteiger partial charge in [0.1, 0.15) is 0 Å². The number of nitrogens with one attached hydrogen (secondary N) is 2. The van der Waals surface area contributed by atoms with Crippen molar-refractivity contribution in [2.24, 2.45) is 5.41 Å². The van der Waals surface area contributed by atoms with Crippen LogP contribution in [0.1, 0.15) is 32.1 Å². The molecule has 2 rings (SSSR count). The fourth-order valence-corrected chi connectivity index (χ4v) is 3.10. The lowest BCUT2D eigenvalue weighted by atomic mass is 9.79. The fraction of sp³-hybridized carbons (Fsp3) is 0.800. The molecule has 2 heterocycles. The molecule has 0 unspecified atom stereocenters. The number of piperidine rings is 1. The number of hydrogen-bond donors (Lipinski definition) is 2. The Morgan fingerprint density at radius 3 is 2.43 bits per heavy atom. The van der Waals surface area contributed by atoms with E-state index in [-0.39, 0.29) is 61.4 Å². The summed E-state index contributed by atoms with van der Waals surface area (Å²) in [6, 6.07) is 0. The summed E-state index contributed by atoms with van der Waals surface area (Å²) in [6.45, 7) is 3.23. The van der Waals surface area contributed by atoms with Crippen LogP contribution in [0.15, 0.2) is 0 Å². The Bertz CT molecular complexity index is 417. The summed E-state index contributed by atoms with van der Waals surface area (Å²) in [5.41, 5.74) is -0.0189. The Morgan fingerprint density at radius 1 is 1.26 bits per heavy atom. The van der Waals surface area contributed by atoms with Gasteiger partial charge < -0.3 is 15.4 Å². The fourth-order valence-electron chi connectivity index (χ4n) is 3.10. The molecule has 2 N–H and O–H groups in total. The third kappa shape index (κ3) is 5.44. The van der Waals surface area contributed by atoms with Gasteiger partial charge in [0.15, 0.2) is 0 Å². The molecule has 2 aliphatic rings. The Kier molecular flexibility index (Phi) is 7.94. The van der Waals surface area contributed by atoms with Crippen LogP contribution in [0.3, 0.4) is 0 Å². The predicted octanol–water partition coefficient (Wildman–Crippen LogP) is 0.0797. The third-order valence-corrected chi connectivity index (χ3v) is 4.49. The van der Waals surface area contributed by atoms with Crippen molar-refractivity contribution in [1.29, 1.82) is 0 Å². The van der Waals surface area contributed by atoms with Gasteiger partial charge in [-0.1, -0.05) is 0 Å². The zero-order valence-corrected chi connectivity index (χ0v) is 14.4. The molecule has 3 amide bonds. The van der Waals surface area contributed by atoms with Gasteiger partial charge in [0, 0.05) is 44.9 Å². The van der Waals surface area contributed by atoms with E-state index in [1.165, 1.54) is 4.90 Å². The number of likely N-dealkylation sites (tertiary alicyclic amines) is 1. The SMILES string of the molecule is COCC1(CNC(=O)CCN2C(=O)CCC2=O)CCNCC1.Cl. The van der Waals surface area contributed by atoms with Gasteiger partial charge in [-0.3, -0.25) is 19.3 Å². The normalized spacial score (nSPS) is 20.3. The van der Waals surface area contributed by atoms with Crippen molar-refractivity contribution in [2.45, 2.75) is 32.1 Å². The van der Waals surface area contributed by atoms with Crippen molar-refractivity contribution in [2.75, 3.05) is 39.9 Å². The van der Waals surface area contributed by atoms with E-state index < -0.39 is 0 Å². The van der Waals surface area contributed by atoms with Crippen LogP contribution in [0, 0.1) is 5.41 Å². The maximum absolute atomic E-state index is 12.0. The summed E-state index contributed by atoms with van der Waals surface area (Å²) in [5, 5.41) is 6.24. The number of carbonyl (C=O) groups is 3. The molecule has 0 bridgehead atoms. The molecular weight excluding hydrogens is 322 g/mol. The smallest absolute Gasteiger partial charge is 0.229 e. The molecule has 0 saturated carbocycles. The molecule has 7 nitrogen and oxygen atoms in total. The van der Waals surface area contributed by atoms with Crippen LogP contribution >= 0.6 is 12.4 Å². The highest BCUT2D eigenvalue weighted by Gasteiger charge is 2.33. The van der Waals surface area contributed by atoms with Crippen molar-refractivity contribution in [3.8, 4) is 0 Å². The van der Waals surface area contributed by atoms with Gasteiger partial charge in [0.25, 0.3) is 0 Å². The molecule has 8 heteroatoms. The van der Waals surface area contributed by atoms with Gasteiger partial charge in [0.05, 0.1) is 6.61 Å². The highest BCUT2D eigenvalue weighted by Crippen LogP contribution is 2.28. The molecule has 23 heavy (non-hydrogen) atoms. The summed E-state index contributed by atoms with van der Waals surface area (Å²) in [6.07, 6.45) is 2.63. The van der Waals surface area contributed by atoms with E-state index in [0.29, 0.717) is 13.2 Å². The molecule has 132 valence electrons. The highest BCUT2D eigenvalue weighted by atomic mass is 35.5. The van der Waals surface area contributed by atoms with E-state index in [1.807, 2.05) is 0 Å². The number of methoxy groups -OCH3 is 1. The Morgan fingerprint density at radius 2 is 1.87 bits per heavy atom. The molecule has 0 radical (unpaired) electrons. The highest BCUT2D eigenvalue weighted by molar-refractivity contribution is 6.02. The van der Waals surface area contributed by atoms with Gasteiger partial charge in [-0.25, -0.2) is 0 Å². The molecule has 0 atom stereocenters. The van der Waals surface area contributed by atoms with Crippen LogP contribution in [0.25, 0.3) is 0 Å². The molecule has 0 aromatic heterocycles. The summed E-state index contributed by atoms with van der Waals surface area (Å²) >= 11 is 0. The average Bonchev–Trinajstić information content (AvgIpc) is 2.83.